The first-order valence-electron chi connectivity index (χ1n) is 6.37. The molecule has 4 heteroatoms. The SMILES string of the molecule is NCC1(C(=O)NCCC2CCCO2)CCC1. The van der Waals surface area contributed by atoms with Gasteiger partial charge in [-0.1, -0.05) is 6.42 Å². The molecule has 0 spiro atoms. The van der Waals surface area contributed by atoms with Gasteiger partial charge in [-0.25, -0.2) is 0 Å². The highest BCUT2D eigenvalue weighted by Crippen LogP contribution is 2.39. The molecule has 4 nitrogen and oxygen atoms in total. The summed E-state index contributed by atoms with van der Waals surface area (Å²) < 4.78 is 5.51. The standard InChI is InChI=1S/C12H22N2O2/c13-9-12(5-2-6-12)11(15)14-7-4-10-3-1-8-16-10/h10H,1-9,13H2,(H,14,15). The Morgan fingerprint density at radius 2 is 2.25 bits per heavy atom. The number of nitrogens with one attached hydrogen (secondary N) is 1. The summed E-state index contributed by atoms with van der Waals surface area (Å²) in [6.07, 6.45) is 6.63. The van der Waals surface area contributed by atoms with Crippen LogP contribution in [-0.4, -0.2) is 31.7 Å². The number of amides is 1. The van der Waals surface area contributed by atoms with Crippen molar-refractivity contribution < 1.29 is 9.53 Å². The smallest absolute Gasteiger partial charge is 0.227 e. The van der Waals surface area contributed by atoms with Crippen molar-refractivity contribution in [1.29, 1.82) is 0 Å². The molecule has 1 amide bonds. The summed E-state index contributed by atoms with van der Waals surface area (Å²) in [6.45, 7) is 2.09. The van der Waals surface area contributed by atoms with Crippen LogP contribution >= 0.6 is 0 Å². The lowest BCUT2D eigenvalue weighted by molar-refractivity contribution is -0.135. The van der Waals surface area contributed by atoms with E-state index in [1.807, 2.05) is 0 Å². The second kappa shape index (κ2) is 5.15. The molecule has 2 fully saturated rings. The van der Waals surface area contributed by atoms with E-state index in [-0.39, 0.29) is 11.3 Å². The van der Waals surface area contributed by atoms with Gasteiger partial charge in [-0.3, -0.25) is 4.79 Å². The summed E-state index contributed by atoms with van der Waals surface area (Å²) in [6, 6.07) is 0. The van der Waals surface area contributed by atoms with Crippen LogP contribution in [0.4, 0.5) is 0 Å². The first kappa shape index (κ1) is 11.9. The van der Waals surface area contributed by atoms with Gasteiger partial charge in [0.05, 0.1) is 11.5 Å². The van der Waals surface area contributed by atoms with E-state index in [2.05, 4.69) is 5.32 Å². The van der Waals surface area contributed by atoms with Crippen molar-refractivity contribution in [1.82, 2.24) is 5.32 Å². The molecule has 2 rings (SSSR count). The molecule has 0 bridgehead atoms. The van der Waals surface area contributed by atoms with Crippen molar-refractivity contribution in [3.63, 3.8) is 0 Å². The number of rotatable bonds is 5. The first-order chi connectivity index (χ1) is 7.77. The monoisotopic (exact) mass is 226 g/mol. The van der Waals surface area contributed by atoms with E-state index < -0.39 is 0 Å². The summed E-state index contributed by atoms with van der Waals surface area (Å²) in [7, 11) is 0. The van der Waals surface area contributed by atoms with Gasteiger partial charge in [0.1, 0.15) is 0 Å². The molecular weight excluding hydrogens is 204 g/mol. The number of nitrogens with two attached hydrogens (primary N) is 1. The minimum absolute atomic E-state index is 0.152. The van der Waals surface area contributed by atoms with E-state index in [0.29, 0.717) is 12.6 Å². The van der Waals surface area contributed by atoms with E-state index in [1.165, 1.54) is 0 Å². The highest BCUT2D eigenvalue weighted by atomic mass is 16.5. The maximum Gasteiger partial charge on any atom is 0.227 e. The van der Waals surface area contributed by atoms with Crippen molar-refractivity contribution in [2.45, 2.75) is 44.6 Å². The van der Waals surface area contributed by atoms with Crippen LogP contribution in [0.3, 0.4) is 0 Å². The maximum absolute atomic E-state index is 11.9. The third-order valence-corrected chi connectivity index (χ3v) is 3.96. The van der Waals surface area contributed by atoms with Crippen molar-refractivity contribution in [3.8, 4) is 0 Å². The molecule has 1 atom stereocenters. The van der Waals surface area contributed by atoms with Gasteiger partial charge in [-0.15, -0.1) is 0 Å². The molecule has 0 radical (unpaired) electrons. The lowest BCUT2D eigenvalue weighted by Gasteiger charge is -2.39. The van der Waals surface area contributed by atoms with Gasteiger partial charge in [0.25, 0.3) is 0 Å². The second-order valence-electron chi connectivity index (χ2n) is 5.02. The third kappa shape index (κ3) is 2.38. The molecule has 1 saturated heterocycles. The van der Waals surface area contributed by atoms with Crippen LogP contribution in [0.1, 0.15) is 38.5 Å². The molecule has 2 aliphatic rings. The lowest BCUT2D eigenvalue weighted by atomic mass is 9.68. The zero-order valence-electron chi connectivity index (χ0n) is 9.84. The predicted octanol–water partition coefficient (Wildman–Crippen LogP) is 0.801. The Kier molecular flexibility index (Phi) is 3.82. The van der Waals surface area contributed by atoms with Crippen LogP contribution in [0.25, 0.3) is 0 Å². The van der Waals surface area contributed by atoms with Gasteiger partial charge in [0.2, 0.25) is 5.91 Å². The third-order valence-electron chi connectivity index (χ3n) is 3.96. The topological polar surface area (TPSA) is 64.4 Å². The van der Waals surface area contributed by atoms with Crippen LogP contribution in [0.5, 0.6) is 0 Å². The number of ether oxygens (including phenoxy) is 1. The highest BCUT2D eigenvalue weighted by molar-refractivity contribution is 5.83. The van der Waals surface area contributed by atoms with Crippen LogP contribution < -0.4 is 11.1 Å². The van der Waals surface area contributed by atoms with E-state index >= 15 is 0 Å². The number of carbonyl (C=O) groups excluding carboxylic acids is 1. The molecule has 0 aromatic heterocycles. The van der Waals surface area contributed by atoms with E-state index in [0.717, 1.165) is 51.7 Å². The van der Waals surface area contributed by atoms with E-state index in [1.54, 1.807) is 0 Å². The Bertz CT molecular complexity index is 240. The van der Waals surface area contributed by atoms with Crippen LogP contribution in [0, 0.1) is 5.41 Å². The second-order valence-corrected chi connectivity index (χ2v) is 5.02. The summed E-state index contributed by atoms with van der Waals surface area (Å²) in [4.78, 5) is 11.9. The molecule has 1 heterocycles. The summed E-state index contributed by atoms with van der Waals surface area (Å²) in [5.74, 6) is 0.152. The Morgan fingerprint density at radius 1 is 1.44 bits per heavy atom. The zero-order chi connectivity index (χ0) is 11.4. The Hall–Kier alpha value is -0.610. The van der Waals surface area contributed by atoms with Crippen molar-refractivity contribution in [3.05, 3.63) is 0 Å². The Morgan fingerprint density at radius 3 is 2.75 bits per heavy atom. The number of carbonyl (C=O) groups is 1. The first-order valence-corrected chi connectivity index (χ1v) is 6.37. The average Bonchev–Trinajstić information content (AvgIpc) is 2.70. The molecule has 1 aliphatic heterocycles. The van der Waals surface area contributed by atoms with E-state index in [4.69, 9.17) is 10.5 Å². The molecule has 16 heavy (non-hydrogen) atoms. The van der Waals surface area contributed by atoms with Crippen LogP contribution in [-0.2, 0) is 9.53 Å². The molecular formula is C12H22N2O2. The van der Waals surface area contributed by atoms with Crippen molar-refractivity contribution >= 4 is 5.91 Å². The van der Waals surface area contributed by atoms with Crippen molar-refractivity contribution in [2.75, 3.05) is 19.7 Å². The molecule has 3 N–H and O–H groups in total. The molecule has 1 saturated carbocycles. The van der Waals surface area contributed by atoms with Crippen LogP contribution in [0.2, 0.25) is 0 Å². The molecule has 92 valence electrons. The van der Waals surface area contributed by atoms with Gasteiger partial charge in [0, 0.05) is 19.7 Å². The normalized spacial score (nSPS) is 27.4. The zero-order valence-corrected chi connectivity index (χ0v) is 9.84. The maximum atomic E-state index is 11.9. The lowest BCUT2D eigenvalue weighted by Crippen LogP contribution is -2.50. The molecule has 0 aromatic carbocycles. The minimum Gasteiger partial charge on any atom is -0.378 e. The fourth-order valence-electron chi connectivity index (χ4n) is 2.53. The summed E-state index contributed by atoms with van der Waals surface area (Å²) >= 11 is 0. The number of hydrogen-bond acceptors (Lipinski definition) is 3. The fourth-order valence-corrected chi connectivity index (χ4v) is 2.53. The molecule has 1 aliphatic carbocycles. The van der Waals surface area contributed by atoms with E-state index in [9.17, 15) is 4.79 Å². The minimum atomic E-state index is -0.240. The van der Waals surface area contributed by atoms with Crippen LogP contribution in [0.15, 0.2) is 0 Å². The quantitative estimate of drug-likeness (QED) is 0.729. The van der Waals surface area contributed by atoms with Crippen molar-refractivity contribution in [2.24, 2.45) is 11.1 Å². The van der Waals surface area contributed by atoms with Gasteiger partial charge < -0.3 is 15.8 Å². The number of hydrogen-bond donors (Lipinski definition) is 2. The molecule has 1 unspecified atom stereocenters. The average molecular weight is 226 g/mol. The Balaban J connectivity index is 1.67. The van der Waals surface area contributed by atoms with Gasteiger partial charge in [-0.2, -0.15) is 0 Å². The largest absolute Gasteiger partial charge is 0.378 e. The van der Waals surface area contributed by atoms with Gasteiger partial charge >= 0.3 is 0 Å². The fraction of sp³-hybridized carbons (Fsp3) is 0.917. The van der Waals surface area contributed by atoms with Gasteiger partial charge in [-0.05, 0) is 32.1 Å². The predicted molar refractivity (Wildman–Crippen MR) is 61.9 cm³/mol. The van der Waals surface area contributed by atoms with Gasteiger partial charge in [0.15, 0.2) is 0 Å². The molecule has 0 aromatic rings. The summed E-state index contributed by atoms with van der Waals surface area (Å²) in [5.41, 5.74) is 5.44. The summed E-state index contributed by atoms with van der Waals surface area (Å²) in [5, 5.41) is 3.00. The Labute approximate surface area is 96.9 Å². The highest BCUT2D eigenvalue weighted by Gasteiger charge is 2.42.